The van der Waals surface area contributed by atoms with Crippen LogP contribution in [0.2, 0.25) is 0 Å². The second-order valence-electron chi connectivity index (χ2n) is 5.46. The van der Waals surface area contributed by atoms with E-state index in [2.05, 4.69) is 17.4 Å². The molecule has 0 aliphatic carbocycles. The van der Waals surface area contributed by atoms with Gasteiger partial charge in [0.1, 0.15) is 11.5 Å². The van der Waals surface area contributed by atoms with Gasteiger partial charge in [0.2, 0.25) is 0 Å². The molecule has 0 heterocycles. The molecule has 1 amide bonds. The van der Waals surface area contributed by atoms with E-state index in [1.807, 2.05) is 25.1 Å². The smallest absolute Gasteiger partial charge is 0.255 e. The molecule has 2 aromatic carbocycles. The second kappa shape index (κ2) is 8.22. The minimum Gasteiger partial charge on any atom is -0.497 e. The van der Waals surface area contributed by atoms with Gasteiger partial charge in [-0.3, -0.25) is 4.79 Å². The Morgan fingerprint density at radius 2 is 1.83 bits per heavy atom. The standard InChI is InChI=1S/C19H23NO3/c1-14(9-10-15-7-5-4-6-8-15)20-19(21)17-13-16(22-2)11-12-18(17)23-3/h4-8,11-14H,9-10H2,1-3H3,(H,20,21). The first-order chi connectivity index (χ1) is 11.1. The molecule has 0 saturated heterocycles. The largest absolute Gasteiger partial charge is 0.497 e. The summed E-state index contributed by atoms with van der Waals surface area (Å²) >= 11 is 0. The minimum absolute atomic E-state index is 0.0682. The van der Waals surface area contributed by atoms with Gasteiger partial charge in [-0.2, -0.15) is 0 Å². The Labute approximate surface area is 137 Å². The molecule has 0 bridgehead atoms. The second-order valence-corrected chi connectivity index (χ2v) is 5.46. The van der Waals surface area contributed by atoms with E-state index in [0.29, 0.717) is 17.1 Å². The Bertz CT molecular complexity index is 640. The fourth-order valence-electron chi connectivity index (χ4n) is 2.39. The number of benzene rings is 2. The lowest BCUT2D eigenvalue weighted by Crippen LogP contribution is -2.33. The van der Waals surface area contributed by atoms with Gasteiger partial charge in [-0.15, -0.1) is 0 Å². The van der Waals surface area contributed by atoms with Crippen molar-refractivity contribution in [3.8, 4) is 11.5 Å². The third kappa shape index (κ3) is 4.74. The number of hydrogen-bond acceptors (Lipinski definition) is 3. The number of aryl methyl sites for hydroxylation is 1. The zero-order valence-corrected chi connectivity index (χ0v) is 13.8. The van der Waals surface area contributed by atoms with Crippen LogP contribution in [0.25, 0.3) is 0 Å². The molecule has 0 aliphatic heterocycles. The van der Waals surface area contributed by atoms with Gasteiger partial charge in [-0.05, 0) is 43.5 Å². The van der Waals surface area contributed by atoms with Crippen molar-refractivity contribution in [1.82, 2.24) is 5.32 Å². The van der Waals surface area contributed by atoms with Crippen molar-refractivity contribution in [2.24, 2.45) is 0 Å². The molecule has 0 aromatic heterocycles. The monoisotopic (exact) mass is 313 g/mol. The van der Waals surface area contributed by atoms with E-state index in [1.165, 1.54) is 5.56 Å². The highest BCUT2D eigenvalue weighted by Gasteiger charge is 2.15. The fraction of sp³-hybridized carbons (Fsp3) is 0.316. The number of carbonyl (C=O) groups is 1. The van der Waals surface area contributed by atoms with E-state index in [4.69, 9.17) is 9.47 Å². The van der Waals surface area contributed by atoms with Gasteiger partial charge < -0.3 is 14.8 Å². The molecule has 1 unspecified atom stereocenters. The number of hydrogen-bond donors (Lipinski definition) is 1. The number of ether oxygens (including phenoxy) is 2. The predicted octanol–water partition coefficient (Wildman–Crippen LogP) is 3.45. The Morgan fingerprint density at radius 3 is 2.48 bits per heavy atom. The quantitative estimate of drug-likeness (QED) is 0.851. The van der Waals surface area contributed by atoms with Crippen LogP contribution in [0.3, 0.4) is 0 Å². The van der Waals surface area contributed by atoms with E-state index >= 15 is 0 Å². The lowest BCUT2D eigenvalue weighted by Gasteiger charge is -2.16. The van der Waals surface area contributed by atoms with Crippen LogP contribution in [0.5, 0.6) is 11.5 Å². The van der Waals surface area contributed by atoms with Crippen LogP contribution in [-0.4, -0.2) is 26.2 Å². The molecule has 122 valence electrons. The molecule has 1 N–H and O–H groups in total. The molecule has 4 nitrogen and oxygen atoms in total. The van der Waals surface area contributed by atoms with E-state index < -0.39 is 0 Å². The molecule has 4 heteroatoms. The highest BCUT2D eigenvalue weighted by Crippen LogP contribution is 2.24. The van der Waals surface area contributed by atoms with Crippen molar-refractivity contribution in [1.29, 1.82) is 0 Å². The fourth-order valence-corrected chi connectivity index (χ4v) is 2.39. The summed E-state index contributed by atoms with van der Waals surface area (Å²) in [6, 6.07) is 15.5. The van der Waals surface area contributed by atoms with Gasteiger partial charge in [0.05, 0.1) is 19.8 Å². The summed E-state index contributed by atoms with van der Waals surface area (Å²) < 4.78 is 10.4. The summed E-state index contributed by atoms with van der Waals surface area (Å²) in [6.45, 7) is 2.01. The first-order valence-electron chi connectivity index (χ1n) is 7.71. The summed E-state index contributed by atoms with van der Waals surface area (Å²) in [5.41, 5.74) is 1.76. The van der Waals surface area contributed by atoms with E-state index in [9.17, 15) is 4.79 Å². The topological polar surface area (TPSA) is 47.6 Å². The predicted molar refractivity (Wildman–Crippen MR) is 91.2 cm³/mol. The molecule has 2 aromatic rings. The van der Waals surface area contributed by atoms with Crippen molar-refractivity contribution in [3.63, 3.8) is 0 Å². The van der Waals surface area contributed by atoms with Crippen LogP contribution >= 0.6 is 0 Å². The number of carbonyl (C=O) groups excluding carboxylic acids is 1. The van der Waals surface area contributed by atoms with Gasteiger partial charge in [0.25, 0.3) is 5.91 Å². The summed E-state index contributed by atoms with van der Waals surface area (Å²) in [4.78, 5) is 12.5. The van der Waals surface area contributed by atoms with Crippen LogP contribution < -0.4 is 14.8 Å². The average Bonchev–Trinajstić information content (AvgIpc) is 2.60. The van der Waals surface area contributed by atoms with Crippen LogP contribution in [0.15, 0.2) is 48.5 Å². The Balaban J connectivity index is 1.98. The van der Waals surface area contributed by atoms with Crippen molar-refractivity contribution in [3.05, 3.63) is 59.7 Å². The highest BCUT2D eigenvalue weighted by molar-refractivity contribution is 5.97. The Kier molecular flexibility index (Phi) is 6.03. The molecule has 0 spiro atoms. The SMILES string of the molecule is COc1ccc(OC)c(C(=O)NC(C)CCc2ccccc2)c1. The Morgan fingerprint density at radius 1 is 1.09 bits per heavy atom. The van der Waals surface area contributed by atoms with Crippen molar-refractivity contribution >= 4 is 5.91 Å². The van der Waals surface area contributed by atoms with Gasteiger partial charge in [0.15, 0.2) is 0 Å². The van der Waals surface area contributed by atoms with Crippen LogP contribution in [0.1, 0.15) is 29.3 Å². The maximum Gasteiger partial charge on any atom is 0.255 e. The lowest BCUT2D eigenvalue weighted by atomic mass is 10.1. The molecular formula is C19H23NO3. The maximum absolute atomic E-state index is 12.5. The number of nitrogens with one attached hydrogen (secondary N) is 1. The van der Waals surface area contributed by atoms with Crippen molar-refractivity contribution in [2.75, 3.05) is 14.2 Å². The van der Waals surface area contributed by atoms with E-state index in [-0.39, 0.29) is 11.9 Å². The minimum atomic E-state index is -0.152. The first kappa shape index (κ1) is 16.9. The number of amides is 1. The summed E-state index contributed by atoms with van der Waals surface area (Å²) in [7, 11) is 3.13. The molecule has 23 heavy (non-hydrogen) atoms. The molecule has 0 aliphatic rings. The lowest BCUT2D eigenvalue weighted by molar-refractivity contribution is 0.0935. The summed E-state index contributed by atoms with van der Waals surface area (Å²) in [5.74, 6) is 1.02. The van der Waals surface area contributed by atoms with Gasteiger partial charge in [-0.1, -0.05) is 30.3 Å². The molecular weight excluding hydrogens is 290 g/mol. The first-order valence-corrected chi connectivity index (χ1v) is 7.71. The van der Waals surface area contributed by atoms with E-state index in [1.54, 1.807) is 32.4 Å². The van der Waals surface area contributed by atoms with E-state index in [0.717, 1.165) is 12.8 Å². The maximum atomic E-state index is 12.5. The summed E-state index contributed by atoms with van der Waals surface area (Å²) in [6.07, 6.45) is 1.81. The number of methoxy groups -OCH3 is 2. The van der Waals surface area contributed by atoms with Gasteiger partial charge >= 0.3 is 0 Å². The molecule has 0 fully saturated rings. The molecule has 2 rings (SSSR count). The number of rotatable bonds is 7. The van der Waals surface area contributed by atoms with Gasteiger partial charge in [-0.25, -0.2) is 0 Å². The Hall–Kier alpha value is -2.49. The van der Waals surface area contributed by atoms with Crippen LogP contribution in [-0.2, 0) is 6.42 Å². The zero-order valence-electron chi connectivity index (χ0n) is 13.8. The van der Waals surface area contributed by atoms with Crippen LogP contribution in [0.4, 0.5) is 0 Å². The third-order valence-corrected chi connectivity index (χ3v) is 3.74. The van der Waals surface area contributed by atoms with Crippen LogP contribution in [0, 0.1) is 0 Å². The highest BCUT2D eigenvalue weighted by atomic mass is 16.5. The van der Waals surface area contributed by atoms with Crippen molar-refractivity contribution < 1.29 is 14.3 Å². The molecule has 0 radical (unpaired) electrons. The van der Waals surface area contributed by atoms with Crippen molar-refractivity contribution in [2.45, 2.75) is 25.8 Å². The third-order valence-electron chi connectivity index (χ3n) is 3.74. The normalized spacial score (nSPS) is 11.6. The molecule has 1 atom stereocenters. The average molecular weight is 313 g/mol. The zero-order chi connectivity index (χ0) is 16.7. The summed E-state index contributed by atoms with van der Waals surface area (Å²) in [5, 5.41) is 3.02. The van der Waals surface area contributed by atoms with Gasteiger partial charge in [0, 0.05) is 6.04 Å². The molecule has 0 saturated carbocycles.